The highest BCUT2D eigenvalue weighted by Gasteiger charge is 2.24. The van der Waals surface area contributed by atoms with Crippen molar-refractivity contribution in [3.8, 4) is 0 Å². The summed E-state index contributed by atoms with van der Waals surface area (Å²) >= 11 is 0. The van der Waals surface area contributed by atoms with Crippen LogP contribution in [0.5, 0.6) is 0 Å². The summed E-state index contributed by atoms with van der Waals surface area (Å²) in [5.41, 5.74) is 3.51. The largest absolute Gasteiger partial charge is 0.378 e. The summed E-state index contributed by atoms with van der Waals surface area (Å²) in [7, 11) is 6.25. The van der Waals surface area contributed by atoms with Gasteiger partial charge in [-0.15, -0.1) is 0 Å². The minimum Gasteiger partial charge on any atom is -0.378 e. The van der Waals surface area contributed by atoms with E-state index in [1.165, 1.54) is 11.3 Å². The van der Waals surface area contributed by atoms with Crippen LogP contribution in [0.3, 0.4) is 0 Å². The molecule has 2 amide bonds. The predicted molar refractivity (Wildman–Crippen MR) is 119 cm³/mol. The lowest BCUT2D eigenvalue weighted by atomic mass is 10.0. The van der Waals surface area contributed by atoms with Gasteiger partial charge in [0.1, 0.15) is 0 Å². The average Bonchev–Trinajstić information content (AvgIpc) is 2.74. The van der Waals surface area contributed by atoms with Crippen molar-refractivity contribution >= 4 is 11.7 Å². The normalized spacial score (nSPS) is 16.2. The van der Waals surface area contributed by atoms with E-state index in [0.717, 1.165) is 31.7 Å². The minimum atomic E-state index is -0.127. The highest BCUT2D eigenvalue weighted by atomic mass is 16.2. The summed E-state index contributed by atoms with van der Waals surface area (Å²) in [4.78, 5) is 19.3. The van der Waals surface area contributed by atoms with Crippen LogP contribution in [0, 0.1) is 0 Å². The van der Waals surface area contributed by atoms with Crippen molar-refractivity contribution in [1.82, 2.24) is 20.4 Å². The van der Waals surface area contributed by atoms with Crippen molar-refractivity contribution in [2.75, 3.05) is 58.8 Å². The van der Waals surface area contributed by atoms with Gasteiger partial charge in [0.15, 0.2) is 0 Å². The second kappa shape index (κ2) is 10.3. The lowest BCUT2D eigenvalue weighted by Gasteiger charge is -2.38. The third-order valence-corrected chi connectivity index (χ3v) is 5.52. The first-order valence-corrected chi connectivity index (χ1v) is 10.3. The number of urea groups is 1. The quantitative estimate of drug-likeness (QED) is 0.757. The third kappa shape index (κ3) is 6.21. The van der Waals surface area contributed by atoms with E-state index in [2.05, 4.69) is 56.6 Å². The fraction of sp³-hybridized carbons (Fsp3) is 0.435. The molecule has 1 fully saturated rings. The molecular formula is C23H33N5O. The molecule has 1 saturated heterocycles. The zero-order valence-corrected chi connectivity index (χ0v) is 17.8. The Labute approximate surface area is 174 Å². The number of carbonyl (C=O) groups is 1. The highest BCUT2D eigenvalue weighted by Crippen LogP contribution is 2.24. The van der Waals surface area contributed by atoms with Crippen LogP contribution in [0.15, 0.2) is 54.6 Å². The molecule has 6 nitrogen and oxygen atoms in total. The Morgan fingerprint density at radius 1 is 0.966 bits per heavy atom. The van der Waals surface area contributed by atoms with E-state index in [0.29, 0.717) is 13.1 Å². The third-order valence-electron chi connectivity index (χ3n) is 5.52. The van der Waals surface area contributed by atoms with Crippen LogP contribution in [0.1, 0.15) is 17.2 Å². The summed E-state index contributed by atoms with van der Waals surface area (Å²) in [6.45, 7) is 5.22. The SMILES string of the molecule is CN1CCN([C@@H](CNC(=O)NCc2ccccc2)c2ccc(N(C)C)cc2)CC1. The van der Waals surface area contributed by atoms with Gasteiger partial charge in [0.2, 0.25) is 0 Å². The standard InChI is InChI=1S/C23H33N5O/c1-26(2)21-11-9-20(10-12-21)22(28-15-13-27(3)14-16-28)18-25-23(29)24-17-19-7-5-4-6-8-19/h4-12,22H,13-18H2,1-3H3,(H2,24,25,29)/t22-/m0/s1. The molecule has 0 unspecified atom stereocenters. The average molecular weight is 396 g/mol. The molecule has 0 bridgehead atoms. The predicted octanol–water partition coefficient (Wildman–Crippen LogP) is 2.54. The summed E-state index contributed by atoms with van der Waals surface area (Å²) < 4.78 is 0. The second-order valence-electron chi connectivity index (χ2n) is 7.89. The number of anilines is 1. The number of piperazine rings is 1. The minimum absolute atomic E-state index is 0.127. The van der Waals surface area contributed by atoms with E-state index in [9.17, 15) is 4.79 Å². The van der Waals surface area contributed by atoms with E-state index >= 15 is 0 Å². The molecule has 156 valence electrons. The Hall–Kier alpha value is -2.57. The van der Waals surface area contributed by atoms with Gasteiger partial charge < -0.3 is 20.4 Å². The Bertz CT molecular complexity index is 755. The van der Waals surface area contributed by atoms with Gasteiger partial charge in [-0.05, 0) is 30.3 Å². The molecule has 1 heterocycles. The van der Waals surface area contributed by atoms with Crippen molar-refractivity contribution in [2.24, 2.45) is 0 Å². The summed E-state index contributed by atoms with van der Waals surface area (Å²) in [5.74, 6) is 0. The van der Waals surface area contributed by atoms with Gasteiger partial charge in [-0.2, -0.15) is 0 Å². The summed E-state index contributed by atoms with van der Waals surface area (Å²) in [6, 6.07) is 18.7. The zero-order valence-electron chi connectivity index (χ0n) is 17.8. The van der Waals surface area contributed by atoms with Crippen LogP contribution in [0.4, 0.5) is 10.5 Å². The molecule has 2 aromatic rings. The van der Waals surface area contributed by atoms with Crippen molar-refractivity contribution in [1.29, 1.82) is 0 Å². The van der Waals surface area contributed by atoms with Gasteiger partial charge in [-0.1, -0.05) is 42.5 Å². The van der Waals surface area contributed by atoms with E-state index in [-0.39, 0.29) is 12.1 Å². The van der Waals surface area contributed by atoms with Crippen LogP contribution in [-0.4, -0.2) is 69.7 Å². The Morgan fingerprint density at radius 2 is 1.62 bits per heavy atom. The monoisotopic (exact) mass is 395 g/mol. The number of likely N-dealkylation sites (N-methyl/N-ethyl adjacent to an activating group) is 1. The van der Waals surface area contributed by atoms with Gasteiger partial charge in [0.25, 0.3) is 0 Å². The Balaban J connectivity index is 1.62. The Kier molecular flexibility index (Phi) is 7.49. The van der Waals surface area contributed by atoms with E-state index in [1.54, 1.807) is 0 Å². The van der Waals surface area contributed by atoms with Crippen LogP contribution in [0.25, 0.3) is 0 Å². The number of hydrogen-bond donors (Lipinski definition) is 2. The molecule has 0 radical (unpaired) electrons. The van der Waals surface area contributed by atoms with E-state index in [1.807, 2.05) is 44.4 Å². The van der Waals surface area contributed by atoms with Crippen molar-refractivity contribution in [3.63, 3.8) is 0 Å². The van der Waals surface area contributed by atoms with Crippen molar-refractivity contribution in [3.05, 3.63) is 65.7 Å². The molecule has 29 heavy (non-hydrogen) atoms. The summed E-state index contributed by atoms with van der Waals surface area (Å²) in [5, 5.41) is 6.04. The van der Waals surface area contributed by atoms with Crippen molar-refractivity contribution in [2.45, 2.75) is 12.6 Å². The van der Waals surface area contributed by atoms with Gasteiger partial charge in [0, 0.05) is 59.1 Å². The molecule has 0 saturated carbocycles. The maximum absolute atomic E-state index is 12.4. The van der Waals surface area contributed by atoms with Gasteiger partial charge in [-0.3, -0.25) is 4.90 Å². The van der Waals surface area contributed by atoms with E-state index < -0.39 is 0 Å². The van der Waals surface area contributed by atoms with Crippen LogP contribution < -0.4 is 15.5 Å². The molecule has 0 aromatic heterocycles. The van der Waals surface area contributed by atoms with Crippen LogP contribution in [0.2, 0.25) is 0 Å². The first-order chi connectivity index (χ1) is 14.0. The number of amides is 2. The molecule has 1 aliphatic rings. The van der Waals surface area contributed by atoms with Crippen LogP contribution >= 0.6 is 0 Å². The number of carbonyl (C=O) groups excluding carboxylic acids is 1. The molecule has 0 aliphatic carbocycles. The molecule has 1 atom stereocenters. The molecule has 2 N–H and O–H groups in total. The number of rotatable bonds is 7. The fourth-order valence-corrected chi connectivity index (χ4v) is 3.62. The highest BCUT2D eigenvalue weighted by molar-refractivity contribution is 5.73. The number of benzene rings is 2. The number of hydrogen-bond acceptors (Lipinski definition) is 4. The molecule has 2 aromatic carbocycles. The number of nitrogens with zero attached hydrogens (tertiary/aromatic N) is 3. The lowest BCUT2D eigenvalue weighted by Crippen LogP contribution is -2.49. The fourth-order valence-electron chi connectivity index (χ4n) is 3.62. The van der Waals surface area contributed by atoms with Gasteiger partial charge >= 0.3 is 6.03 Å². The zero-order chi connectivity index (χ0) is 20.6. The topological polar surface area (TPSA) is 50.9 Å². The second-order valence-corrected chi connectivity index (χ2v) is 7.89. The van der Waals surface area contributed by atoms with Crippen molar-refractivity contribution < 1.29 is 4.79 Å². The number of nitrogens with one attached hydrogen (secondary N) is 2. The van der Waals surface area contributed by atoms with Gasteiger partial charge in [-0.25, -0.2) is 4.79 Å². The first kappa shape index (κ1) is 21.1. The van der Waals surface area contributed by atoms with Gasteiger partial charge in [0.05, 0.1) is 6.04 Å². The molecule has 6 heteroatoms. The maximum atomic E-state index is 12.4. The first-order valence-electron chi connectivity index (χ1n) is 10.3. The smallest absolute Gasteiger partial charge is 0.315 e. The van der Waals surface area contributed by atoms with E-state index in [4.69, 9.17) is 0 Å². The maximum Gasteiger partial charge on any atom is 0.315 e. The molecule has 3 rings (SSSR count). The Morgan fingerprint density at radius 3 is 2.24 bits per heavy atom. The summed E-state index contributed by atoms with van der Waals surface area (Å²) in [6.07, 6.45) is 0. The molecule has 0 spiro atoms. The molecular weight excluding hydrogens is 362 g/mol. The van der Waals surface area contributed by atoms with Crippen LogP contribution in [-0.2, 0) is 6.54 Å². The molecule has 1 aliphatic heterocycles. The lowest BCUT2D eigenvalue weighted by molar-refractivity contribution is 0.111.